The van der Waals surface area contributed by atoms with Gasteiger partial charge in [-0.3, -0.25) is 4.79 Å². The minimum Gasteiger partial charge on any atom is -0.480 e. The maximum Gasteiger partial charge on any atom is 0.327 e. The predicted molar refractivity (Wildman–Crippen MR) is 66.2 cm³/mol. The lowest BCUT2D eigenvalue weighted by Gasteiger charge is -2.27. The second-order valence-corrected chi connectivity index (χ2v) is 5.39. The van der Waals surface area contributed by atoms with Crippen molar-refractivity contribution in [3.63, 3.8) is 0 Å². The summed E-state index contributed by atoms with van der Waals surface area (Å²) in [6, 6.07) is -0.986. The lowest BCUT2D eigenvalue weighted by Crippen LogP contribution is -2.29. The zero-order valence-corrected chi connectivity index (χ0v) is 10.6. The molecule has 3 N–H and O–H groups in total. The SMILES string of the molecule is CN1CCC(c2csc(C(N)C(=O)O)n2)CC1. The fraction of sp³-hybridized carbons (Fsp3) is 0.636. The molecule has 17 heavy (non-hydrogen) atoms. The van der Waals surface area contributed by atoms with Gasteiger partial charge in [0.15, 0.2) is 6.04 Å². The van der Waals surface area contributed by atoms with Crippen molar-refractivity contribution < 1.29 is 9.90 Å². The van der Waals surface area contributed by atoms with Gasteiger partial charge >= 0.3 is 5.97 Å². The summed E-state index contributed by atoms with van der Waals surface area (Å²) in [7, 11) is 2.11. The van der Waals surface area contributed by atoms with Gasteiger partial charge in [-0.05, 0) is 33.0 Å². The summed E-state index contributed by atoms with van der Waals surface area (Å²) >= 11 is 1.35. The molecule has 1 aliphatic rings. The molecule has 0 amide bonds. The Balaban J connectivity index is 2.05. The van der Waals surface area contributed by atoms with E-state index in [2.05, 4.69) is 16.9 Å². The Kier molecular flexibility index (Phi) is 3.76. The first-order valence-electron chi connectivity index (χ1n) is 5.70. The number of piperidine rings is 1. The molecular weight excluding hydrogens is 238 g/mol. The first-order chi connectivity index (χ1) is 8.08. The van der Waals surface area contributed by atoms with Crippen LogP contribution in [0.3, 0.4) is 0 Å². The Morgan fingerprint density at radius 3 is 2.88 bits per heavy atom. The molecule has 1 aromatic heterocycles. The molecule has 1 atom stereocenters. The van der Waals surface area contributed by atoms with Crippen molar-refractivity contribution in [1.29, 1.82) is 0 Å². The summed E-state index contributed by atoms with van der Waals surface area (Å²) in [5.74, 6) is -0.563. The van der Waals surface area contributed by atoms with Crippen LogP contribution in [0.2, 0.25) is 0 Å². The number of thiazole rings is 1. The summed E-state index contributed by atoms with van der Waals surface area (Å²) in [5, 5.41) is 11.3. The van der Waals surface area contributed by atoms with Gasteiger partial charge in [-0.2, -0.15) is 0 Å². The van der Waals surface area contributed by atoms with Crippen LogP contribution in [0.1, 0.15) is 35.5 Å². The van der Waals surface area contributed by atoms with E-state index in [4.69, 9.17) is 10.8 Å². The Labute approximate surface area is 104 Å². The van der Waals surface area contributed by atoms with E-state index in [1.54, 1.807) is 0 Å². The van der Waals surface area contributed by atoms with Crippen LogP contribution >= 0.6 is 11.3 Å². The molecule has 1 fully saturated rings. The van der Waals surface area contributed by atoms with Gasteiger partial charge in [-0.15, -0.1) is 11.3 Å². The third-order valence-electron chi connectivity index (χ3n) is 3.21. The van der Waals surface area contributed by atoms with E-state index in [1.165, 1.54) is 11.3 Å². The Bertz CT molecular complexity index is 399. The van der Waals surface area contributed by atoms with Gasteiger partial charge in [0.2, 0.25) is 0 Å². The van der Waals surface area contributed by atoms with Gasteiger partial charge in [-0.25, -0.2) is 4.98 Å². The number of hydrogen-bond donors (Lipinski definition) is 2. The van der Waals surface area contributed by atoms with Crippen molar-refractivity contribution in [3.05, 3.63) is 16.1 Å². The van der Waals surface area contributed by atoms with Crippen LogP contribution in [0, 0.1) is 0 Å². The second kappa shape index (κ2) is 5.12. The third-order valence-corrected chi connectivity index (χ3v) is 4.15. The summed E-state index contributed by atoms with van der Waals surface area (Å²) < 4.78 is 0. The second-order valence-electron chi connectivity index (χ2n) is 4.50. The smallest absolute Gasteiger partial charge is 0.327 e. The fourth-order valence-electron chi connectivity index (χ4n) is 2.04. The number of nitrogens with zero attached hydrogens (tertiary/aromatic N) is 2. The monoisotopic (exact) mass is 255 g/mol. The zero-order valence-electron chi connectivity index (χ0n) is 9.80. The number of rotatable bonds is 3. The van der Waals surface area contributed by atoms with Gasteiger partial charge in [0, 0.05) is 11.3 Å². The van der Waals surface area contributed by atoms with Crippen molar-refractivity contribution in [2.45, 2.75) is 24.8 Å². The third kappa shape index (κ3) is 2.83. The van der Waals surface area contributed by atoms with Crippen molar-refractivity contribution in [2.24, 2.45) is 5.73 Å². The molecule has 1 aliphatic heterocycles. The van der Waals surface area contributed by atoms with E-state index in [0.717, 1.165) is 31.6 Å². The minimum absolute atomic E-state index is 0.456. The van der Waals surface area contributed by atoms with E-state index < -0.39 is 12.0 Å². The molecule has 2 heterocycles. The highest BCUT2D eigenvalue weighted by atomic mass is 32.1. The number of hydrogen-bond acceptors (Lipinski definition) is 5. The molecule has 0 bridgehead atoms. The van der Waals surface area contributed by atoms with Crippen molar-refractivity contribution in [1.82, 2.24) is 9.88 Å². The standard InChI is InChI=1S/C11H17N3O2S/c1-14-4-2-7(3-5-14)8-6-17-10(13-8)9(12)11(15)16/h6-7,9H,2-5,12H2,1H3,(H,15,16). The van der Waals surface area contributed by atoms with Crippen LogP contribution in [0.4, 0.5) is 0 Å². The normalized spacial score (nSPS) is 20.4. The van der Waals surface area contributed by atoms with Gasteiger partial charge in [0.1, 0.15) is 5.01 Å². The van der Waals surface area contributed by atoms with Crippen LogP contribution in [-0.2, 0) is 4.79 Å². The Morgan fingerprint density at radius 1 is 1.65 bits per heavy atom. The maximum atomic E-state index is 10.8. The number of aliphatic carboxylic acids is 1. The number of nitrogens with two attached hydrogens (primary N) is 1. The largest absolute Gasteiger partial charge is 0.480 e. The van der Waals surface area contributed by atoms with Crippen molar-refractivity contribution in [3.8, 4) is 0 Å². The summed E-state index contributed by atoms with van der Waals surface area (Å²) in [4.78, 5) is 17.4. The number of aromatic nitrogens is 1. The summed E-state index contributed by atoms with van der Waals surface area (Å²) in [6.45, 7) is 2.14. The highest BCUT2D eigenvalue weighted by molar-refractivity contribution is 7.09. The zero-order chi connectivity index (χ0) is 12.4. The summed E-state index contributed by atoms with van der Waals surface area (Å²) in [6.07, 6.45) is 2.17. The molecule has 0 saturated carbocycles. The van der Waals surface area contributed by atoms with E-state index >= 15 is 0 Å². The minimum atomic E-state index is -1.02. The van der Waals surface area contributed by atoms with Crippen LogP contribution in [0.25, 0.3) is 0 Å². The van der Waals surface area contributed by atoms with Crippen LogP contribution in [0.15, 0.2) is 5.38 Å². The molecule has 0 aromatic carbocycles. The summed E-state index contributed by atoms with van der Waals surface area (Å²) in [5.41, 5.74) is 6.55. The molecule has 5 nitrogen and oxygen atoms in total. The maximum absolute atomic E-state index is 10.8. The molecule has 0 spiro atoms. The lowest BCUT2D eigenvalue weighted by atomic mass is 9.94. The number of carbonyl (C=O) groups is 1. The quantitative estimate of drug-likeness (QED) is 0.843. The highest BCUT2D eigenvalue weighted by Gasteiger charge is 2.23. The molecule has 94 valence electrons. The number of carboxylic acids is 1. The van der Waals surface area contributed by atoms with Gasteiger partial charge < -0.3 is 15.7 Å². The first kappa shape index (κ1) is 12.5. The van der Waals surface area contributed by atoms with Gasteiger partial charge in [0.05, 0.1) is 5.69 Å². The van der Waals surface area contributed by atoms with E-state index in [9.17, 15) is 4.79 Å². The van der Waals surface area contributed by atoms with Crippen LogP contribution < -0.4 is 5.73 Å². The van der Waals surface area contributed by atoms with Crippen LogP contribution in [0.5, 0.6) is 0 Å². The Hall–Kier alpha value is -0.980. The molecular formula is C11H17N3O2S. The van der Waals surface area contributed by atoms with Gasteiger partial charge in [0.25, 0.3) is 0 Å². The van der Waals surface area contributed by atoms with Gasteiger partial charge in [-0.1, -0.05) is 0 Å². The highest BCUT2D eigenvalue weighted by Crippen LogP contribution is 2.29. The average molecular weight is 255 g/mol. The molecule has 2 rings (SSSR count). The van der Waals surface area contributed by atoms with E-state index in [0.29, 0.717) is 10.9 Å². The molecule has 0 aliphatic carbocycles. The molecule has 1 aromatic rings. The lowest BCUT2D eigenvalue weighted by molar-refractivity contribution is -0.138. The number of likely N-dealkylation sites (tertiary alicyclic amines) is 1. The molecule has 6 heteroatoms. The topological polar surface area (TPSA) is 79.5 Å². The molecule has 1 saturated heterocycles. The first-order valence-corrected chi connectivity index (χ1v) is 6.58. The van der Waals surface area contributed by atoms with Crippen molar-refractivity contribution >= 4 is 17.3 Å². The number of carboxylic acid groups (broad SMARTS) is 1. The van der Waals surface area contributed by atoms with E-state index in [1.807, 2.05) is 5.38 Å². The Morgan fingerprint density at radius 2 is 2.29 bits per heavy atom. The molecule has 1 unspecified atom stereocenters. The van der Waals surface area contributed by atoms with E-state index in [-0.39, 0.29) is 0 Å². The van der Waals surface area contributed by atoms with Crippen molar-refractivity contribution in [2.75, 3.05) is 20.1 Å². The molecule has 0 radical (unpaired) electrons. The average Bonchev–Trinajstić information content (AvgIpc) is 2.78. The fourth-order valence-corrected chi connectivity index (χ4v) is 2.93. The van der Waals surface area contributed by atoms with Crippen LogP contribution in [-0.4, -0.2) is 41.1 Å². The predicted octanol–water partition coefficient (Wildman–Crippen LogP) is 1.04.